The molecule has 0 radical (unpaired) electrons. The minimum atomic E-state index is -0.486. The molecule has 0 atom stereocenters. The van der Waals surface area contributed by atoms with E-state index in [0.717, 1.165) is 4.88 Å². The van der Waals surface area contributed by atoms with E-state index in [0.29, 0.717) is 0 Å². The van der Waals surface area contributed by atoms with Crippen LogP contribution < -0.4 is 0 Å². The summed E-state index contributed by atoms with van der Waals surface area (Å²) in [5.41, 5.74) is 0.170. The van der Waals surface area contributed by atoms with Gasteiger partial charge in [0.2, 0.25) is 5.76 Å². The van der Waals surface area contributed by atoms with Gasteiger partial charge in [0.25, 0.3) is 0 Å². The van der Waals surface area contributed by atoms with Crippen LogP contribution in [0.5, 0.6) is 0 Å². The summed E-state index contributed by atoms with van der Waals surface area (Å²) in [6, 6.07) is 3.83. The van der Waals surface area contributed by atoms with Crippen molar-refractivity contribution in [3.05, 3.63) is 44.0 Å². The lowest BCUT2D eigenvalue weighted by Crippen LogP contribution is -1.90. The first-order valence-electron chi connectivity index (χ1n) is 4.50. The number of hydrogen-bond acceptors (Lipinski definition) is 5. The van der Waals surface area contributed by atoms with Crippen molar-refractivity contribution in [1.82, 2.24) is 5.16 Å². The highest BCUT2D eigenvalue weighted by atomic mass is 32.1. The lowest BCUT2D eigenvalue weighted by molar-refractivity contribution is -0.386. The number of aryl methyl sites for hydroxylation is 1. The van der Waals surface area contributed by atoms with Crippen molar-refractivity contribution >= 4 is 29.2 Å². The van der Waals surface area contributed by atoms with Crippen LogP contribution in [0.1, 0.15) is 16.3 Å². The molecule has 0 saturated carbocycles. The normalized spacial score (nSPS) is 11.1. The van der Waals surface area contributed by atoms with Crippen molar-refractivity contribution in [2.45, 2.75) is 6.92 Å². The molecule has 0 aromatic carbocycles. The Morgan fingerprint density at radius 2 is 2.38 bits per heavy atom. The first kappa shape index (κ1) is 10.6. The van der Waals surface area contributed by atoms with E-state index >= 15 is 0 Å². The van der Waals surface area contributed by atoms with E-state index in [1.54, 1.807) is 23.5 Å². The van der Waals surface area contributed by atoms with Gasteiger partial charge in [0.05, 0.1) is 4.92 Å². The van der Waals surface area contributed by atoms with Crippen LogP contribution in [0.25, 0.3) is 12.2 Å². The number of hydrogen-bond donors (Lipinski definition) is 0. The summed E-state index contributed by atoms with van der Waals surface area (Å²) in [5, 5.41) is 16.3. The van der Waals surface area contributed by atoms with E-state index in [9.17, 15) is 10.1 Å². The van der Waals surface area contributed by atoms with E-state index in [-0.39, 0.29) is 17.1 Å². The Hall–Kier alpha value is -1.95. The molecule has 0 N–H and O–H groups in total. The largest absolute Gasteiger partial charge is 0.354 e. The molecule has 16 heavy (non-hydrogen) atoms. The molecule has 0 unspecified atom stereocenters. The summed E-state index contributed by atoms with van der Waals surface area (Å²) in [4.78, 5) is 11.3. The van der Waals surface area contributed by atoms with Gasteiger partial charge in [0.1, 0.15) is 0 Å². The van der Waals surface area contributed by atoms with Gasteiger partial charge in [-0.2, -0.15) is 0 Å². The molecule has 0 spiro atoms. The second kappa shape index (κ2) is 4.28. The average molecular weight is 236 g/mol. The Labute approximate surface area is 95.2 Å². The third kappa shape index (κ3) is 2.01. The van der Waals surface area contributed by atoms with E-state index < -0.39 is 4.92 Å². The van der Waals surface area contributed by atoms with Crippen LogP contribution in [0.2, 0.25) is 0 Å². The number of thiophene rings is 1. The van der Waals surface area contributed by atoms with Crippen molar-refractivity contribution in [3.63, 3.8) is 0 Å². The molecular formula is C10H8N2O3S. The standard InChI is InChI=1S/C10H8N2O3S/c1-7-10(12(13)14)9(11-15-7)5-4-8-3-2-6-16-8/h2-6H,1H3/b5-4+. The van der Waals surface area contributed by atoms with Crippen molar-refractivity contribution in [2.24, 2.45) is 0 Å². The minimum Gasteiger partial charge on any atom is -0.354 e. The third-order valence-corrected chi connectivity index (χ3v) is 2.83. The van der Waals surface area contributed by atoms with Crippen LogP contribution in [-0.2, 0) is 0 Å². The van der Waals surface area contributed by atoms with Crippen LogP contribution in [-0.4, -0.2) is 10.1 Å². The molecule has 2 aromatic heterocycles. The molecule has 2 rings (SSSR count). The number of nitrogens with zero attached hydrogens (tertiary/aromatic N) is 2. The average Bonchev–Trinajstić information content (AvgIpc) is 2.83. The topological polar surface area (TPSA) is 69.2 Å². The van der Waals surface area contributed by atoms with Crippen molar-refractivity contribution in [3.8, 4) is 0 Å². The zero-order chi connectivity index (χ0) is 11.5. The lowest BCUT2D eigenvalue weighted by Gasteiger charge is -1.86. The van der Waals surface area contributed by atoms with Gasteiger partial charge in [-0.1, -0.05) is 11.2 Å². The molecule has 0 aliphatic rings. The summed E-state index contributed by atoms with van der Waals surface area (Å²) in [5.74, 6) is 0.218. The van der Waals surface area contributed by atoms with Gasteiger partial charge >= 0.3 is 5.69 Å². The quantitative estimate of drug-likeness (QED) is 0.606. The van der Waals surface area contributed by atoms with Gasteiger partial charge < -0.3 is 4.52 Å². The molecule has 0 amide bonds. The van der Waals surface area contributed by atoms with Crippen molar-refractivity contribution in [1.29, 1.82) is 0 Å². The van der Waals surface area contributed by atoms with Gasteiger partial charge in [-0.15, -0.1) is 11.3 Å². The zero-order valence-electron chi connectivity index (χ0n) is 8.41. The SMILES string of the molecule is Cc1onc(/C=C/c2cccs2)c1[N+](=O)[O-]. The highest BCUT2D eigenvalue weighted by molar-refractivity contribution is 7.10. The molecule has 0 bridgehead atoms. The Morgan fingerprint density at radius 1 is 1.56 bits per heavy atom. The van der Waals surface area contributed by atoms with Crippen LogP contribution in [0, 0.1) is 17.0 Å². The van der Waals surface area contributed by atoms with Crippen molar-refractivity contribution < 1.29 is 9.45 Å². The summed E-state index contributed by atoms with van der Waals surface area (Å²) in [7, 11) is 0. The number of rotatable bonds is 3. The van der Waals surface area contributed by atoms with Crippen LogP contribution in [0.15, 0.2) is 22.0 Å². The zero-order valence-corrected chi connectivity index (χ0v) is 9.23. The van der Waals surface area contributed by atoms with E-state index in [2.05, 4.69) is 5.16 Å². The third-order valence-electron chi connectivity index (χ3n) is 1.99. The fraction of sp³-hybridized carbons (Fsp3) is 0.100. The Kier molecular flexibility index (Phi) is 2.82. The maximum atomic E-state index is 10.7. The predicted octanol–water partition coefficient (Wildman–Crippen LogP) is 3.12. The fourth-order valence-corrected chi connectivity index (χ4v) is 1.88. The van der Waals surface area contributed by atoms with Gasteiger partial charge in [-0.25, -0.2) is 0 Å². The summed E-state index contributed by atoms with van der Waals surface area (Å²) in [6.07, 6.45) is 3.36. The van der Waals surface area contributed by atoms with Crippen molar-refractivity contribution in [2.75, 3.05) is 0 Å². The van der Waals surface area contributed by atoms with Crippen LogP contribution in [0.4, 0.5) is 5.69 Å². The first-order chi connectivity index (χ1) is 7.68. The maximum absolute atomic E-state index is 10.7. The van der Waals surface area contributed by atoms with Gasteiger partial charge in [-0.05, 0) is 23.6 Å². The molecule has 0 aliphatic carbocycles. The van der Waals surface area contributed by atoms with Crippen LogP contribution >= 0.6 is 11.3 Å². The lowest BCUT2D eigenvalue weighted by atomic mass is 10.3. The second-order valence-electron chi connectivity index (χ2n) is 3.08. The molecule has 82 valence electrons. The predicted molar refractivity (Wildman–Crippen MR) is 61.1 cm³/mol. The highest BCUT2D eigenvalue weighted by Gasteiger charge is 2.21. The molecule has 0 fully saturated rings. The maximum Gasteiger partial charge on any atom is 0.338 e. The minimum absolute atomic E-state index is 0.0761. The molecule has 0 aliphatic heterocycles. The number of nitro groups is 1. The van der Waals surface area contributed by atoms with Gasteiger partial charge in [-0.3, -0.25) is 10.1 Å². The second-order valence-corrected chi connectivity index (χ2v) is 4.06. The van der Waals surface area contributed by atoms with E-state index in [1.165, 1.54) is 6.92 Å². The molecule has 2 heterocycles. The van der Waals surface area contributed by atoms with E-state index in [4.69, 9.17) is 4.52 Å². The summed E-state index contributed by atoms with van der Waals surface area (Å²) in [6.45, 7) is 1.52. The smallest absolute Gasteiger partial charge is 0.338 e. The molecule has 0 saturated heterocycles. The van der Waals surface area contributed by atoms with Crippen LogP contribution in [0.3, 0.4) is 0 Å². The first-order valence-corrected chi connectivity index (χ1v) is 5.38. The molecule has 5 nitrogen and oxygen atoms in total. The summed E-state index contributed by atoms with van der Waals surface area (Å²) < 4.78 is 4.79. The molecule has 6 heteroatoms. The molecular weight excluding hydrogens is 228 g/mol. The monoisotopic (exact) mass is 236 g/mol. The molecule has 2 aromatic rings. The fourth-order valence-electron chi connectivity index (χ4n) is 1.26. The highest BCUT2D eigenvalue weighted by Crippen LogP contribution is 2.24. The number of aromatic nitrogens is 1. The Balaban J connectivity index is 2.32. The Bertz CT molecular complexity index is 528. The van der Waals surface area contributed by atoms with Gasteiger partial charge in [0, 0.05) is 11.8 Å². The summed E-state index contributed by atoms with van der Waals surface area (Å²) >= 11 is 1.55. The van der Waals surface area contributed by atoms with E-state index in [1.807, 2.05) is 17.5 Å². The Morgan fingerprint density at radius 3 is 3.00 bits per heavy atom. The van der Waals surface area contributed by atoms with Gasteiger partial charge in [0.15, 0.2) is 5.69 Å².